The van der Waals surface area contributed by atoms with Crippen molar-refractivity contribution >= 4 is 37.8 Å². The standard InChI is InChI=1S/C16H15Br2N5/c17-12-5-1-3-10(7-12)14-9-15(11-4-2-6-13(18)8-11)23-16(19-14)20-21-22-23/h1-8,14-15,21-22H,9H2,(H,19,20)/t14-,15+/m0/s1. The summed E-state index contributed by atoms with van der Waals surface area (Å²) in [7, 11) is 0. The van der Waals surface area contributed by atoms with Crippen molar-refractivity contribution in [1.29, 1.82) is 0 Å². The van der Waals surface area contributed by atoms with Crippen molar-refractivity contribution in [2.75, 3.05) is 0 Å². The zero-order valence-corrected chi connectivity index (χ0v) is 15.3. The van der Waals surface area contributed by atoms with E-state index in [-0.39, 0.29) is 12.1 Å². The molecule has 0 radical (unpaired) electrons. The van der Waals surface area contributed by atoms with E-state index >= 15 is 0 Å². The monoisotopic (exact) mass is 435 g/mol. The van der Waals surface area contributed by atoms with Crippen molar-refractivity contribution in [1.82, 2.24) is 21.4 Å². The number of guanidine groups is 1. The lowest BCUT2D eigenvalue weighted by Gasteiger charge is -2.38. The van der Waals surface area contributed by atoms with Gasteiger partial charge in [0.15, 0.2) is 0 Å². The molecule has 0 spiro atoms. The van der Waals surface area contributed by atoms with E-state index in [0.717, 1.165) is 21.3 Å². The molecule has 0 aromatic heterocycles. The van der Waals surface area contributed by atoms with Crippen molar-refractivity contribution < 1.29 is 0 Å². The molecule has 0 bridgehead atoms. The van der Waals surface area contributed by atoms with Crippen molar-refractivity contribution in [3.05, 3.63) is 68.6 Å². The van der Waals surface area contributed by atoms with Crippen LogP contribution >= 0.6 is 31.9 Å². The van der Waals surface area contributed by atoms with Gasteiger partial charge in [0.2, 0.25) is 5.96 Å². The molecule has 23 heavy (non-hydrogen) atoms. The molecule has 2 heterocycles. The largest absolute Gasteiger partial charge is 0.347 e. The number of hydrazone groups is 1. The molecule has 5 nitrogen and oxygen atoms in total. The summed E-state index contributed by atoms with van der Waals surface area (Å²) in [6.45, 7) is 0. The van der Waals surface area contributed by atoms with Crippen molar-refractivity contribution in [2.24, 2.45) is 5.10 Å². The van der Waals surface area contributed by atoms with Crippen LogP contribution in [0.3, 0.4) is 0 Å². The van der Waals surface area contributed by atoms with Gasteiger partial charge in [-0.15, -0.1) is 10.6 Å². The topological polar surface area (TPSA) is 51.7 Å². The Bertz CT molecular complexity index is 764. The van der Waals surface area contributed by atoms with E-state index in [0.29, 0.717) is 0 Å². The van der Waals surface area contributed by atoms with Gasteiger partial charge in [-0.05, 0) is 41.8 Å². The third kappa shape index (κ3) is 2.96. The third-order valence-electron chi connectivity index (χ3n) is 4.12. The van der Waals surface area contributed by atoms with Gasteiger partial charge < -0.3 is 5.32 Å². The van der Waals surface area contributed by atoms with E-state index in [1.165, 1.54) is 11.1 Å². The molecule has 2 aromatic carbocycles. The van der Waals surface area contributed by atoms with Crippen LogP contribution in [0.5, 0.6) is 0 Å². The number of halogens is 2. The molecular weight excluding hydrogens is 422 g/mol. The minimum Gasteiger partial charge on any atom is -0.347 e. The van der Waals surface area contributed by atoms with Gasteiger partial charge >= 0.3 is 0 Å². The van der Waals surface area contributed by atoms with E-state index in [2.05, 4.69) is 89.7 Å². The lowest BCUT2D eigenvalue weighted by molar-refractivity contribution is 0.172. The van der Waals surface area contributed by atoms with Crippen LogP contribution in [0.25, 0.3) is 0 Å². The maximum atomic E-state index is 4.30. The van der Waals surface area contributed by atoms with Crippen LogP contribution in [0.4, 0.5) is 0 Å². The van der Waals surface area contributed by atoms with Gasteiger partial charge in [-0.25, -0.2) is 10.5 Å². The molecule has 3 N–H and O–H groups in total. The van der Waals surface area contributed by atoms with Gasteiger partial charge in [-0.1, -0.05) is 56.1 Å². The van der Waals surface area contributed by atoms with Crippen LogP contribution in [0, 0.1) is 0 Å². The average molecular weight is 437 g/mol. The van der Waals surface area contributed by atoms with Crippen LogP contribution in [-0.4, -0.2) is 11.0 Å². The van der Waals surface area contributed by atoms with Gasteiger partial charge in [-0.3, -0.25) is 0 Å². The summed E-state index contributed by atoms with van der Waals surface area (Å²) < 4.78 is 2.17. The molecule has 0 aliphatic carbocycles. The van der Waals surface area contributed by atoms with E-state index in [9.17, 15) is 0 Å². The second kappa shape index (κ2) is 6.14. The maximum Gasteiger partial charge on any atom is 0.234 e. The molecule has 7 heteroatoms. The Morgan fingerprint density at radius 1 is 1.00 bits per heavy atom. The molecule has 1 fully saturated rings. The number of rotatable bonds is 2. The first-order chi connectivity index (χ1) is 11.2. The number of hydrogen-bond donors (Lipinski definition) is 3. The zero-order valence-electron chi connectivity index (χ0n) is 12.1. The molecule has 2 aliphatic rings. The smallest absolute Gasteiger partial charge is 0.234 e. The average Bonchev–Trinajstić information content (AvgIpc) is 3.02. The Morgan fingerprint density at radius 3 is 2.43 bits per heavy atom. The summed E-state index contributed by atoms with van der Waals surface area (Å²) in [6, 6.07) is 17.2. The van der Waals surface area contributed by atoms with E-state index in [1.807, 2.05) is 17.1 Å². The molecule has 0 amide bonds. The fourth-order valence-corrected chi connectivity index (χ4v) is 3.89. The van der Waals surface area contributed by atoms with Gasteiger partial charge in [0.25, 0.3) is 0 Å². The van der Waals surface area contributed by atoms with Crippen LogP contribution in [0.2, 0.25) is 0 Å². The molecule has 4 rings (SSSR count). The second-order valence-electron chi connectivity index (χ2n) is 5.59. The molecule has 0 saturated carbocycles. The van der Waals surface area contributed by atoms with Crippen LogP contribution in [0.15, 0.2) is 62.6 Å². The lowest BCUT2D eigenvalue weighted by atomic mass is 9.92. The summed E-state index contributed by atoms with van der Waals surface area (Å²) in [5, 5.41) is 9.83. The highest BCUT2D eigenvalue weighted by Crippen LogP contribution is 2.36. The molecule has 118 valence electrons. The van der Waals surface area contributed by atoms with Gasteiger partial charge in [-0.2, -0.15) is 0 Å². The van der Waals surface area contributed by atoms with E-state index < -0.39 is 0 Å². The normalized spacial score (nSPS) is 22.9. The first kappa shape index (κ1) is 15.0. The Labute approximate surface area is 151 Å². The number of hydrogen-bond acceptors (Lipinski definition) is 5. The highest BCUT2D eigenvalue weighted by Gasteiger charge is 2.36. The Balaban J connectivity index is 1.69. The summed E-state index contributed by atoms with van der Waals surface area (Å²) in [5.74, 6) is 0.811. The number of hydrazine groups is 2. The third-order valence-corrected chi connectivity index (χ3v) is 5.11. The highest BCUT2D eigenvalue weighted by atomic mass is 79.9. The maximum absolute atomic E-state index is 4.30. The molecule has 2 aromatic rings. The summed E-state index contributed by atoms with van der Waals surface area (Å²) >= 11 is 7.12. The van der Waals surface area contributed by atoms with Gasteiger partial charge in [0.05, 0.1) is 12.1 Å². The quantitative estimate of drug-likeness (QED) is 0.673. The number of nitrogens with one attached hydrogen (secondary N) is 3. The highest BCUT2D eigenvalue weighted by molar-refractivity contribution is 9.10. The Hall–Kier alpha value is -1.57. The molecule has 0 unspecified atom stereocenters. The second-order valence-corrected chi connectivity index (χ2v) is 7.42. The first-order valence-corrected chi connectivity index (χ1v) is 8.94. The SMILES string of the molecule is Brc1cccc([C@@H]2C[C@H](c3cccc(Br)c3)N3NNN=C3N2)c1. The molecule has 2 atom stereocenters. The minimum absolute atomic E-state index is 0.187. The number of fused-ring (bicyclic) bond motifs is 1. The predicted molar refractivity (Wildman–Crippen MR) is 97.1 cm³/mol. The van der Waals surface area contributed by atoms with Gasteiger partial charge in [0, 0.05) is 8.95 Å². The predicted octanol–water partition coefficient (Wildman–Crippen LogP) is 3.58. The van der Waals surface area contributed by atoms with Crippen molar-refractivity contribution in [3.63, 3.8) is 0 Å². The number of nitrogens with zero attached hydrogens (tertiary/aromatic N) is 2. The summed E-state index contributed by atoms with van der Waals surface area (Å²) in [6.07, 6.45) is 0.931. The van der Waals surface area contributed by atoms with Crippen LogP contribution < -0.4 is 16.4 Å². The Kier molecular flexibility index (Phi) is 4.00. The fraction of sp³-hybridized carbons (Fsp3) is 0.188. The lowest BCUT2D eigenvalue weighted by Crippen LogP contribution is -2.53. The summed E-state index contributed by atoms with van der Waals surface area (Å²) in [5.41, 5.74) is 8.43. The molecule has 1 saturated heterocycles. The Morgan fingerprint density at radius 2 is 1.70 bits per heavy atom. The molecular formula is C16H15Br2N5. The van der Waals surface area contributed by atoms with Crippen LogP contribution in [-0.2, 0) is 0 Å². The first-order valence-electron chi connectivity index (χ1n) is 7.36. The van der Waals surface area contributed by atoms with Crippen molar-refractivity contribution in [2.45, 2.75) is 18.5 Å². The van der Waals surface area contributed by atoms with E-state index in [1.54, 1.807) is 0 Å². The minimum atomic E-state index is 0.187. The zero-order chi connectivity index (χ0) is 15.8. The van der Waals surface area contributed by atoms with E-state index in [4.69, 9.17) is 0 Å². The molecule has 2 aliphatic heterocycles. The van der Waals surface area contributed by atoms with Crippen molar-refractivity contribution in [3.8, 4) is 0 Å². The fourth-order valence-electron chi connectivity index (χ4n) is 3.05. The number of benzene rings is 2. The van der Waals surface area contributed by atoms with Gasteiger partial charge in [0.1, 0.15) is 0 Å². The summed E-state index contributed by atoms with van der Waals surface area (Å²) in [4.78, 5) is 0. The van der Waals surface area contributed by atoms with Crippen LogP contribution in [0.1, 0.15) is 29.6 Å².